The average Bonchev–Trinajstić information content (AvgIpc) is 3.27. The van der Waals surface area contributed by atoms with Gasteiger partial charge in [-0.1, -0.05) is 30.3 Å². The number of ether oxygens (including phenoxy) is 1. The Balaban J connectivity index is 1.73. The van der Waals surface area contributed by atoms with Gasteiger partial charge in [0.25, 0.3) is 0 Å². The highest BCUT2D eigenvalue weighted by molar-refractivity contribution is 5.62. The molecule has 5 nitrogen and oxygen atoms in total. The van der Waals surface area contributed by atoms with Gasteiger partial charge in [0.05, 0.1) is 48.5 Å². The molecule has 122 valence electrons. The zero-order valence-electron chi connectivity index (χ0n) is 13.7. The maximum absolute atomic E-state index is 5.62. The fourth-order valence-electron chi connectivity index (χ4n) is 3.19. The lowest BCUT2D eigenvalue weighted by molar-refractivity contribution is 0.193. The minimum atomic E-state index is 0.376. The number of aromatic nitrogens is 4. The van der Waals surface area contributed by atoms with Crippen LogP contribution in [0.15, 0.2) is 49.1 Å². The van der Waals surface area contributed by atoms with E-state index in [2.05, 4.69) is 38.8 Å². The van der Waals surface area contributed by atoms with E-state index in [1.165, 1.54) is 5.69 Å². The number of nitrogens with zero attached hydrogens (tertiary/aromatic N) is 4. The predicted octanol–water partition coefficient (Wildman–Crippen LogP) is 3.20. The molecule has 5 heteroatoms. The van der Waals surface area contributed by atoms with Gasteiger partial charge in [-0.05, 0) is 13.3 Å². The normalized spacial score (nSPS) is 17.3. The van der Waals surface area contributed by atoms with E-state index >= 15 is 0 Å². The smallest absolute Gasteiger partial charge is 0.0959 e. The SMILES string of the molecule is Cc1cnc(Cn2cnc(-c3ccccc3)c2[C@H]2CCOC2)cn1. The zero-order valence-corrected chi connectivity index (χ0v) is 13.7. The van der Waals surface area contributed by atoms with Gasteiger partial charge in [0.1, 0.15) is 0 Å². The summed E-state index contributed by atoms with van der Waals surface area (Å²) in [6.07, 6.45) is 6.60. The highest BCUT2D eigenvalue weighted by atomic mass is 16.5. The fraction of sp³-hybridized carbons (Fsp3) is 0.316. The summed E-state index contributed by atoms with van der Waals surface area (Å²) in [5.74, 6) is 0.376. The summed E-state index contributed by atoms with van der Waals surface area (Å²) >= 11 is 0. The van der Waals surface area contributed by atoms with Crippen LogP contribution in [0.3, 0.4) is 0 Å². The maximum Gasteiger partial charge on any atom is 0.0959 e. The van der Waals surface area contributed by atoms with E-state index in [0.717, 1.165) is 42.3 Å². The Bertz CT molecular complexity index is 805. The van der Waals surface area contributed by atoms with Crippen LogP contribution in [0, 0.1) is 6.92 Å². The third-order valence-electron chi connectivity index (χ3n) is 4.41. The highest BCUT2D eigenvalue weighted by Crippen LogP contribution is 2.33. The Labute approximate surface area is 141 Å². The molecule has 0 aliphatic carbocycles. The quantitative estimate of drug-likeness (QED) is 0.741. The molecule has 0 bridgehead atoms. The average molecular weight is 320 g/mol. The van der Waals surface area contributed by atoms with Gasteiger partial charge in [0.2, 0.25) is 0 Å². The van der Waals surface area contributed by atoms with E-state index in [1.54, 1.807) is 0 Å². The lowest BCUT2D eigenvalue weighted by Gasteiger charge is -2.14. The van der Waals surface area contributed by atoms with Gasteiger partial charge in [0, 0.05) is 24.3 Å². The standard InChI is InChI=1S/C19H20N4O/c1-14-9-21-17(10-20-14)11-23-13-22-18(15-5-3-2-4-6-15)19(23)16-7-8-24-12-16/h2-6,9-10,13,16H,7-8,11-12H2,1H3/t16-/m0/s1. The second-order valence-electron chi connectivity index (χ2n) is 6.18. The van der Waals surface area contributed by atoms with E-state index in [4.69, 9.17) is 9.72 Å². The van der Waals surface area contributed by atoms with Crippen LogP contribution < -0.4 is 0 Å². The molecule has 1 aliphatic heterocycles. The Hall–Kier alpha value is -2.53. The summed E-state index contributed by atoms with van der Waals surface area (Å²) in [7, 11) is 0. The maximum atomic E-state index is 5.62. The Kier molecular flexibility index (Phi) is 4.09. The number of benzene rings is 1. The number of imidazole rings is 1. The summed E-state index contributed by atoms with van der Waals surface area (Å²) in [4.78, 5) is 13.5. The molecule has 0 saturated carbocycles. The van der Waals surface area contributed by atoms with E-state index < -0.39 is 0 Å². The molecule has 2 aromatic heterocycles. The number of rotatable bonds is 4. The van der Waals surface area contributed by atoms with Crippen LogP contribution >= 0.6 is 0 Å². The molecule has 0 N–H and O–H groups in total. The predicted molar refractivity (Wildman–Crippen MR) is 91.7 cm³/mol. The Morgan fingerprint density at radius 1 is 1.12 bits per heavy atom. The van der Waals surface area contributed by atoms with Crippen LogP contribution in [-0.4, -0.2) is 32.7 Å². The van der Waals surface area contributed by atoms with E-state index in [9.17, 15) is 0 Å². The molecule has 24 heavy (non-hydrogen) atoms. The Morgan fingerprint density at radius 2 is 2.00 bits per heavy atom. The van der Waals surface area contributed by atoms with Gasteiger partial charge in [0.15, 0.2) is 0 Å². The van der Waals surface area contributed by atoms with Crippen molar-refractivity contribution in [2.45, 2.75) is 25.8 Å². The first-order chi connectivity index (χ1) is 11.8. The molecular formula is C19H20N4O. The summed E-state index contributed by atoms with van der Waals surface area (Å²) in [6, 6.07) is 10.3. The third-order valence-corrected chi connectivity index (χ3v) is 4.41. The van der Waals surface area contributed by atoms with Crippen molar-refractivity contribution < 1.29 is 4.74 Å². The number of hydrogen-bond acceptors (Lipinski definition) is 4. The molecule has 1 saturated heterocycles. The molecule has 3 heterocycles. The van der Waals surface area contributed by atoms with Crippen LogP contribution in [0.5, 0.6) is 0 Å². The minimum Gasteiger partial charge on any atom is -0.381 e. The largest absolute Gasteiger partial charge is 0.381 e. The summed E-state index contributed by atoms with van der Waals surface area (Å²) in [5.41, 5.74) is 5.30. The lowest BCUT2D eigenvalue weighted by atomic mass is 9.99. The van der Waals surface area contributed by atoms with Crippen molar-refractivity contribution in [3.63, 3.8) is 0 Å². The first-order valence-electron chi connectivity index (χ1n) is 8.27. The van der Waals surface area contributed by atoms with Crippen LogP contribution in [0.4, 0.5) is 0 Å². The fourth-order valence-corrected chi connectivity index (χ4v) is 3.19. The molecule has 0 unspecified atom stereocenters. The topological polar surface area (TPSA) is 52.8 Å². The van der Waals surface area contributed by atoms with E-state index in [0.29, 0.717) is 12.5 Å². The van der Waals surface area contributed by atoms with Crippen molar-refractivity contribution in [2.24, 2.45) is 0 Å². The van der Waals surface area contributed by atoms with Gasteiger partial charge >= 0.3 is 0 Å². The van der Waals surface area contributed by atoms with Crippen molar-refractivity contribution in [1.82, 2.24) is 19.5 Å². The number of aryl methyl sites for hydroxylation is 1. The van der Waals surface area contributed by atoms with Gasteiger partial charge in [-0.25, -0.2) is 4.98 Å². The number of hydrogen-bond donors (Lipinski definition) is 0. The molecule has 1 aliphatic rings. The van der Waals surface area contributed by atoms with Crippen molar-refractivity contribution in [3.8, 4) is 11.3 Å². The van der Waals surface area contributed by atoms with Crippen LogP contribution in [0.1, 0.15) is 29.4 Å². The van der Waals surface area contributed by atoms with Crippen LogP contribution in [0.2, 0.25) is 0 Å². The van der Waals surface area contributed by atoms with E-state index in [-0.39, 0.29) is 0 Å². The zero-order chi connectivity index (χ0) is 16.4. The second kappa shape index (κ2) is 6.53. The first-order valence-corrected chi connectivity index (χ1v) is 8.27. The van der Waals surface area contributed by atoms with Gasteiger partial charge in [-0.3, -0.25) is 9.97 Å². The van der Waals surface area contributed by atoms with Crippen molar-refractivity contribution >= 4 is 0 Å². The monoisotopic (exact) mass is 320 g/mol. The third kappa shape index (κ3) is 2.95. The van der Waals surface area contributed by atoms with Gasteiger partial charge in [-0.15, -0.1) is 0 Å². The van der Waals surface area contributed by atoms with Crippen molar-refractivity contribution in [1.29, 1.82) is 0 Å². The molecule has 1 fully saturated rings. The summed E-state index contributed by atoms with van der Waals surface area (Å²) in [5, 5.41) is 0. The molecule has 0 amide bonds. The van der Waals surface area contributed by atoms with Crippen LogP contribution in [-0.2, 0) is 11.3 Å². The Morgan fingerprint density at radius 3 is 2.71 bits per heavy atom. The second-order valence-corrected chi connectivity index (χ2v) is 6.18. The molecule has 4 rings (SSSR count). The molecule has 1 atom stereocenters. The highest BCUT2D eigenvalue weighted by Gasteiger charge is 2.26. The first kappa shape index (κ1) is 15.0. The van der Waals surface area contributed by atoms with Gasteiger partial charge < -0.3 is 9.30 Å². The lowest BCUT2D eigenvalue weighted by Crippen LogP contribution is -2.11. The summed E-state index contributed by atoms with van der Waals surface area (Å²) < 4.78 is 7.82. The molecule has 0 radical (unpaired) electrons. The van der Waals surface area contributed by atoms with E-state index in [1.807, 2.05) is 31.7 Å². The summed E-state index contributed by atoms with van der Waals surface area (Å²) in [6.45, 7) is 4.20. The molecular weight excluding hydrogens is 300 g/mol. The molecule has 3 aromatic rings. The van der Waals surface area contributed by atoms with Gasteiger partial charge in [-0.2, -0.15) is 0 Å². The van der Waals surface area contributed by atoms with Crippen molar-refractivity contribution in [3.05, 3.63) is 66.1 Å². The molecule has 0 spiro atoms. The minimum absolute atomic E-state index is 0.376. The van der Waals surface area contributed by atoms with Crippen molar-refractivity contribution in [2.75, 3.05) is 13.2 Å². The molecule has 1 aromatic carbocycles. The van der Waals surface area contributed by atoms with Crippen LogP contribution in [0.25, 0.3) is 11.3 Å².